The van der Waals surface area contributed by atoms with Crippen LogP contribution in [0.4, 0.5) is 17.1 Å². The Kier molecular flexibility index (Phi) is 5.79. The summed E-state index contributed by atoms with van der Waals surface area (Å²) in [5.74, 6) is -2.29. The van der Waals surface area contributed by atoms with Gasteiger partial charge in [-0.05, 0) is 74.2 Å². The van der Waals surface area contributed by atoms with E-state index in [1.165, 1.54) is 6.92 Å². The summed E-state index contributed by atoms with van der Waals surface area (Å²) in [6.07, 6.45) is 2.83. The van der Waals surface area contributed by atoms with Gasteiger partial charge in [-0.3, -0.25) is 39.2 Å². The summed E-state index contributed by atoms with van der Waals surface area (Å²) in [7, 11) is 1.74. The lowest BCUT2D eigenvalue weighted by Gasteiger charge is -2.38. The average molecular weight is 538 g/mol. The van der Waals surface area contributed by atoms with E-state index < -0.39 is 29.2 Å². The number of piperidine rings is 1. The number of amides is 5. The molecule has 0 aliphatic carbocycles. The minimum Gasteiger partial charge on any atom is -0.354 e. The van der Waals surface area contributed by atoms with Gasteiger partial charge < -0.3 is 10.2 Å². The van der Waals surface area contributed by atoms with Crippen LogP contribution in [0.1, 0.15) is 58.2 Å². The van der Waals surface area contributed by atoms with Gasteiger partial charge in [-0.25, -0.2) is 0 Å². The molecule has 0 saturated carbocycles. The first-order valence-electron chi connectivity index (χ1n) is 13.1. The highest BCUT2D eigenvalue weighted by Crippen LogP contribution is 2.42. The van der Waals surface area contributed by atoms with Crippen LogP contribution in [0, 0.1) is 6.92 Å². The molecule has 10 heteroatoms. The third-order valence-electron chi connectivity index (χ3n) is 8.03. The number of hydrogen-bond donors (Lipinski definition) is 2. The molecule has 3 aliphatic heterocycles. The molecule has 0 unspecified atom stereocenters. The van der Waals surface area contributed by atoms with Gasteiger partial charge in [-0.15, -0.1) is 0 Å². The Labute approximate surface area is 230 Å². The summed E-state index contributed by atoms with van der Waals surface area (Å²) in [4.78, 5) is 71.3. The number of fused-ring (bicyclic) bond motifs is 2. The first kappa shape index (κ1) is 25.4. The van der Waals surface area contributed by atoms with Crippen LogP contribution in [0.3, 0.4) is 0 Å². The Balaban J connectivity index is 1.45. The van der Waals surface area contributed by atoms with Crippen molar-refractivity contribution in [2.75, 3.05) is 17.3 Å². The molecule has 1 fully saturated rings. The van der Waals surface area contributed by atoms with Crippen molar-refractivity contribution in [1.29, 1.82) is 0 Å². The lowest BCUT2D eigenvalue weighted by atomic mass is 9.89. The minimum atomic E-state index is -1.49. The zero-order chi connectivity index (χ0) is 28.3. The van der Waals surface area contributed by atoms with Gasteiger partial charge in [0.2, 0.25) is 11.8 Å². The molecule has 4 heterocycles. The number of aryl methyl sites for hydroxylation is 2. The summed E-state index contributed by atoms with van der Waals surface area (Å²) in [6.45, 7) is 3.41. The number of benzene rings is 2. The van der Waals surface area contributed by atoms with Crippen LogP contribution in [-0.4, -0.2) is 52.0 Å². The van der Waals surface area contributed by atoms with Crippen LogP contribution < -0.4 is 15.5 Å². The molecule has 0 spiro atoms. The first-order chi connectivity index (χ1) is 19.1. The second kappa shape index (κ2) is 9.11. The normalized spacial score (nSPS) is 20.4. The quantitative estimate of drug-likeness (QED) is 0.488. The molecule has 1 atom stereocenters. The van der Waals surface area contributed by atoms with Crippen molar-refractivity contribution in [3.05, 3.63) is 71.0 Å². The SMILES string of the molecule is Cc1cc(-c2cc3c(cc2Nc2cccc4c2C(=O)N([C@]2(C)CCC(=O)NC2=O)C4=O)N(C)C(=O)CC3)ccn1. The molecule has 2 N–H and O–H groups in total. The second-order valence-corrected chi connectivity index (χ2v) is 10.6. The number of pyridine rings is 1. The Morgan fingerprint density at radius 3 is 2.48 bits per heavy atom. The number of hydrogen-bond acceptors (Lipinski definition) is 7. The molecule has 3 aromatic rings. The summed E-state index contributed by atoms with van der Waals surface area (Å²) in [5.41, 5.74) is 4.26. The van der Waals surface area contributed by atoms with E-state index in [0.717, 1.165) is 33.0 Å². The van der Waals surface area contributed by atoms with Gasteiger partial charge in [-0.2, -0.15) is 0 Å². The van der Waals surface area contributed by atoms with Crippen LogP contribution in [0.5, 0.6) is 0 Å². The van der Waals surface area contributed by atoms with E-state index in [-0.39, 0.29) is 29.9 Å². The van der Waals surface area contributed by atoms with E-state index in [0.29, 0.717) is 24.2 Å². The number of carbonyl (C=O) groups excluding carboxylic acids is 5. The van der Waals surface area contributed by atoms with E-state index in [9.17, 15) is 24.0 Å². The second-order valence-electron chi connectivity index (χ2n) is 10.6. The standard InChI is InChI=1S/C30H27N5O5/c1-16-13-17(10-12-31-16)20-14-18-7-8-25(37)34(3)23(18)15-22(20)32-21-6-4-5-19-26(21)28(39)35(27(19)38)30(2)11-9-24(36)33-29(30)40/h4-6,10,12-15,32H,7-9,11H2,1-3H3,(H,33,36,40)/t30-/m1/s1. The molecule has 10 nitrogen and oxygen atoms in total. The molecule has 202 valence electrons. The highest BCUT2D eigenvalue weighted by atomic mass is 16.2. The average Bonchev–Trinajstić information content (AvgIpc) is 3.19. The fourth-order valence-electron chi connectivity index (χ4n) is 5.74. The fourth-order valence-corrected chi connectivity index (χ4v) is 5.74. The molecule has 5 amide bonds. The van der Waals surface area contributed by atoms with Gasteiger partial charge in [0.05, 0.1) is 16.8 Å². The highest BCUT2D eigenvalue weighted by molar-refractivity contribution is 6.26. The Morgan fingerprint density at radius 2 is 1.73 bits per heavy atom. The molecule has 1 saturated heterocycles. The number of imide groups is 2. The van der Waals surface area contributed by atoms with E-state index in [4.69, 9.17) is 0 Å². The molecule has 1 aromatic heterocycles. The third kappa shape index (κ3) is 3.86. The number of carbonyl (C=O) groups is 5. The van der Waals surface area contributed by atoms with E-state index in [1.807, 2.05) is 31.2 Å². The zero-order valence-corrected chi connectivity index (χ0v) is 22.3. The van der Waals surface area contributed by atoms with E-state index in [2.05, 4.69) is 15.6 Å². The maximum atomic E-state index is 13.8. The van der Waals surface area contributed by atoms with Crippen LogP contribution >= 0.6 is 0 Å². The Bertz CT molecular complexity index is 1660. The van der Waals surface area contributed by atoms with Crippen molar-refractivity contribution >= 4 is 46.6 Å². The zero-order valence-electron chi connectivity index (χ0n) is 22.3. The monoisotopic (exact) mass is 537 g/mol. The summed E-state index contributed by atoms with van der Waals surface area (Å²) in [5, 5.41) is 5.63. The number of nitrogens with zero attached hydrogens (tertiary/aromatic N) is 3. The number of rotatable bonds is 4. The molecule has 3 aliphatic rings. The molecule has 0 bridgehead atoms. The van der Waals surface area contributed by atoms with Crippen molar-refractivity contribution in [3.63, 3.8) is 0 Å². The van der Waals surface area contributed by atoms with Crippen LogP contribution in [0.25, 0.3) is 11.1 Å². The van der Waals surface area contributed by atoms with Crippen molar-refractivity contribution in [2.45, 2.75) is 45.1 Å². The predicted octanol–water partition coefficient (Wildman–Crippen LogP) is 3.50. The maximum absolute atomic E-state index is 13.8. The third-order valence-corrected chi connectivity index (χ3v) is 8.03. The van der Waals surface area contributed by atoms with E-state index >= 15 is 0 Å². The number of anilines is 3. The lowest BCUT2D eigenvalue weighted by molar-refractivity contribution is -0.141. The first-order valence-corrected chi connectivity index (χ1v) is 13.1. The molecule has 40 heavy (non-hydrogen) atoms. The van der Waals surface area contributed by atoms with Crippen molar-refractivity contribution in [1.82, 2.24) is 15.2 Å². The molecular weight excluding hydrogens is 510 g/mol. The van der Waals surface area contributed by atoms with Crippen molar-refractivity contribution < 1.29 is 24.0 Å². The Hall–Kier alpha value is -4.86. The topological polar surface area (TPSA) is 129 Å². The smallest absolute Gasteiger partial charge is 0.264 e. The minimum absolute atomic E-state index is 0.0143. The molecule has 2 aromatic carbocycles. The van der Waals surface area contributed by atoms with Gasteiger partial charge in [0.15, 0.2) is 0 Å². The van der Waals surface area contributed by atoms with E-state index in [1.54, 1.807) is 36.3 Å². The maximum Gasteiger partial charge on any atom is 0.264 e. The molecule has 6 rings (SSSR count). The van der Waals surface area contributed by atoms with Gasteiger partial charge in [0.1, 0.15) is 5.54 Å². The summed E-state index contributed by atoms with van der Waals surface area (Å²) in [6, 6.07) is 12.7. The van der Waals surface area contributed by atoms with Gasteiger partial charge in [0, 0.05) is 48.7 Å². The number of aromatic nitrogens is 1. The highest BCUT2D eigenvalue weighted by Gasteiger charge is 2.53. The van der Waals surface area contributed by atoms with Crippen LogP contribution in [0.2, 0.25) is 0 Å². The lowest BCUT2D eigenvalue weighted by Crippen LogP contribution is -2.62. The summed E-state index contributed by atoms with van der Waals surface area (Å²) >= 11 is 0. The summed E-state index contributed by atoms with van der Waals surface area (Å²) < 4.78 is 0. The number of nitrogens with one attached hydrogen (secondary N) is 2. The van der Waals surface area contributed by atoms with Crippen molar-refractivity contribution in [2.24, 2.45) is 0 Å². The van der Waals surface area contributed by atoms with Crippen LogP contribution in [-0.2, 0) is 20.8 Å². The molecular formula is C30H27N5O5. The molecule has 0 radical (unpaired) electrons. The fraction of sp³-hybridized carbons (Fsp3) is 0.267. The van der Waals surface area contributed by atoms with Gasteiger partial charge in [0.25, 0.3) is 17.7 Å². The Morgan fingerprint density at radius 1 is 0.925 bits per heavy atom. The van der Waals surface area contributed by atoms with Gasteiger partial charge >= 0.3 is 0 Å². The largest absolute Gasteiger partial charge is 0.354 e. The van der Waals surface area contributed by atoms with Crippen molar-refractivity contribution in [3.8, 4) is 11.1 Å². The van der Waals surface area contributed by atoms with Gasteiger partial charge in [-0.1, -0.05) is 6.07 Å². The predicted molar refractivity (Wildman–Crippen MR) is 147 cm³/mol. The van der Waals surface area contributed by atoms with Crippen LogP contribution in [0.15, 0.2) is 48.7 Å².